The van der Waals surface area contributed by atoms with Gasteiger partial charge in [-0.25, -0.2) is 4.79 Å². The van der Waals surface area contributed by atoms with Gasteiger partial charge in [0.05, 0.1) is 12.2 Å². The van der Waals surface area contributed by atoms with Crippen molar-refractivity contribution in [2.45, 2.75) is 20.3 Å². The molecule has 0 spiro atoms. The molecule has 0 amide bonds. The van der Waals surface area contributed by atoms with Crippen LogP contribution in [0.3, 0.4) is 0 Å². The molecule has 4 nitrogen and oxygen atoms in total. The molecule has 0 saturated carbocycles. The topological polar surface area (TPSA) is 44.8 Å². The van der Waals surface area contributed by atoms with Crippen LogP contribution in [-0.4, -0.2) is 26.5 Å². The van der Waals surface area contributed by atoms with Gasteiger partial charge in [0.2, 0.25) is 0 Å². The van der Waals surface area contributed by atoms with Gasteiger partial charge in [0.15, 0.2) is 6.79 Å². The van der Waals surface area contributed by atoms with Crippen molar-refractivity contribution in [2.24, 2.45) is 0 Å². The number of ether oxygens (including phenoxy) is 3. The standard InChI is InChI=1S/C21H24O4/c1-4-19(16-11-13-18(14-12-16)25-15-23-3)20(21(22)24-5-2)17-9-7-6-8-10-17/h6-14H,4-5,15H2,1-3H3. The average Bonchev–Trinajstić information content (AvgIpc) is 2.65. The average molecular weight is 340 g/mol. The molecule has 0 N–H and O–H groups in total. The predicted octanol–water partition coefficient (Wildman–Crippen LogP) is 4.55. The summed E-state index contributed by atoms with van der Waals surface area (Å²) in [4.78, 5) is 12.6. The Hall–Kier alpha value is -2.59. The summed E-state index contributed by atoms with van der Waals surface area (Å²) in [6.07, 6.45) is 0.710. The third-order valence-corrected chi connectivity index (χ3v) is 3.74. The van der Waals surface area contributed by atoms with Gasteiger partial charge in [0.1, 0.15) is 5.75 Å². The fourth-order valence-electron chi connectivity index (χ4n) is 2.63. The molecule has 0 aliphatic rings. The second-order valence-corrected chi connectivity index (χ2v) is 5.37. The quantitative estimate of drug-likeness (QED) is 0.306. The number of methoxy groups -OCH3 is 1. The summed E-state index contributed by atoms with van der Waals surface area (Å²) in [5, 5.41) is 0. The Morgan fingerprint density at radius 3 is 2.16 bits per heavy atom. The maximum atomic E-state index is 12.6. The van der Waals surface area contributed by atoms with Crippen LogP contribution in [0, 0.1) is 0 Å². The molecule has 0 atom stereocenters. The lowest BCUT2D eigenvalue weighted by Gasteiger charge is -2.15. The summed E-state index contributed by atoms with van der Waals surface area (Å²) < 4.78 is 15.6. The summed E-state index contributed by atoms with van der Waals surface area (Å²) >= 11 is 0. The number of allylic oxidation sites excluding steroid dienone is 1. The minimum absolute atomic E-state index is 0.202. The Bertz CT molecular complexity index is 702. The van der Waals surface area contributed by atoms with Crippen LogP contribution in [0.4, 0.5) is 0 Å². The molecule has 0 unspecified atom stereocenters. The SMILES string of the molecule is CCOC(=O)C(=C(CC)c1ccc(OCOC)cc1)c1ccccc1. The molecule has 25 heavy (non-hydrogen) atoms. The Labute approximate surface area is 149 Å². The Balaban J connectivity index is 2.47. The predicted molar refractivity (Wildman–Crippen MR) is 99.1 cm³/mol. The van der Waals surface area contributed by atoms with Crippen molar-refractivity contribution in [1.29, 1.82) is 0 Å². The van der Waals surface area contributed by atoms with Gasteiger partial charge in [0.25, 0.3) is 0 Å². The highest BCUT2D eigenvalue weighted by molar-refractivity contribution is 6.24. The number of benzene rings is 2. The highest BCUT2D eigenvalue weighted by Gasteiger charge is 2.19. The Kier molecular flexibility index (Phi) is 7.23. The maximum absolute atomic E-state index is 12.6. The first kappa shape index (κ1) is 18.7. The number of carbonyl (C=O) groups is 1. The van der Waals surface area contributed by atoms with Crippen molar-refractivity contribution < 1.29 is 19.0 Å². The fraction of sp³-hybridized carbons (Fsp3) is 0.286. The highest BCUT2D eigenvalue weighted by atomic mass is 16.7. The van der Waals surface area contributed by atoms with Gasteiger partial charge in [-0.2, -0.15) is 0 Å². The van der Waals surface area contributed by atoms with Crippen molar-refractivity contribution in [3.63, 3.8) is 0 Å². The molecule has 0 aliphatic carbocycles. The van der Waals surface area contributed by atoms with Gasteiger partial charge in [0, 0.05) is 7.11 Å². The van der Waals surface area contributed by atoms with E-state index in [1.54, 1.807) is 7.11 Å². The van der Waals surface area contributed by atoms with E-state index in [1.165, 1.54) is 0 Å². The number of rotatable bonds is 8. The van der Waals surface area contributed by atoms with Gasteiger partial charge >= 0.3 is 5.97 Å². The zero-order valence-corrected chi connectivity index (χ0v) is 15.0. The molecule has 0 aromatic heterocycles. The van der Waals surface area contributed by atoms with Crippen LogP contribution in [0.2, 0.25) is 0 Å². The lowest BCUT2D eigenvalue weighted by atomic mass is 9.93. The molecule has 0 aliphatic heterocycles. The molecule has 0 bridgehead atoms. The van der Waals surface area contributed by atoms with Gasteiger partial charge in [-0.1, -0.05) is 49.4 Å². The number of carbonyl (C=O) groups excluding carboxylic acids is 1. The zero-order valence-electron chi connectivity index (χ0n) is 15.0. The summed E-state index contributed by atoms with van der Waals surface area (Å²) in [5.74, 6) is 0.420. The smallest absolute Gasteiger partial charge is 0.339 e. The number of esters is 1. The van der Waals surface area contributed by atoms with E-state index in [9.17, 15) is 4.79 Å². The van der Waals surface area contributed by atoms with Crippen LogP contribution in [-0.2, 0) is 14.3 Å². The van der Waals surface area contributed by atoms with Crippen molar-refractivity contribution in [3.05, 3.63) is 65.7 Å². The number of hydrogen-bond donors (Lipinski definition) is 0. The van der Waals surface area contributed by atoms with E-state index in [0.29, 0.717) is 18.6 Å². The van der Waals surface area contributed by atoms with Crippen LogP contribution in [0.25, 0.3) is 11.1 Å². The summed E-state index contributed by atoms with van der Waals surface area (Å²) in [5.41, 5.74) is 3.38. The van der Waals surface area contributed by atoms with Gasteiger partial charge in [-0.15, -0.1) is 0 Å². The van der Waals surface area contributed by atoms with Crippen molar-refractivity contribution in [3.8, 4) is 5.75 Å². The van der Waals surface area contributed by atoms with Gasteiger partial charge < -0.3 is 14.2 Å². The van der Waals surface area contributed by atoms with E-state index in [2.05, 4.69) is 0 Å². The molecular weight excluding hydrogens is 316 g/mol. The normalized spacial score (nSPS) is 11.6. The van der Waals surface area contributed by atoms with Crippen LogP contribution >= 0.6 is 0 Å². The first-order valence-corrected chi connectivity index (χ1v) is 8.39. The van der Waals surface area contributed by atoms with E-state index >= 15 is 0 Å². The van der Waals surface area contributed by atoms with Crippen LogP contribution < -0.4 is 4.74 Å². The largest absolute Gasteiger partial charge is 0.468 e. The first-order chi connectivity index (χ1) is 12.2. The molecule has 0 heterocycles. The molecular formula is C21H24O4. The second-order valence-electron chi connectivity index (χ2n) is 5.37. The lowest BCUT2D eigenvalue weighted by molar-refractivity contribution is -0.136. The van der Waals surface area contributed by atoms with Gasteiger partial charge in [-0.3, -0.25) is 0 Å². The van der Waals surface area contributed by atoms with E-state index in [-0.39, 0.29) is 12.8 Å². The van der Waals surface area contributed by atoms with Crippen molar-refractivity contribution >= 4 is 17.1 Å². The molecule has 0 fully saturated rings. The molecule has 0 saturated heterocycles. The molecule has 0 radical (unpaired) electrons. The van der Waals surface area contributed by atoms with Gasteiger partial charge in [-0.05, 0) is 42.2 Å². The molecule has 132 valence electrons. The summed E-state index contributed by atoms with van der Waals surface area (Å²) in [6.45, 7) is 4.39. The Morgan fingerprint density at radius 1 is 0.920 bits per heavy atom. The van der Waals surface area contributed by atoms with E-state index in [4.69, 9.17) is 14.2 Å². The third kappa shape index (κ3) is 4.94. The maximum Gasteiger partial charge on any atom is 0.339 e. The molecule has 2 rings (SSSR count). The summed E-state index contributed by atoms with van der Waals surface area (Å²) in [6, 6.07) is 17.3. The molecule has 4 heteroatoms. The first-order valence-electron chi connectivity index (χ1n) is 8.39. The second kappa shape index (κ2) is 9.64. The monoisotopic (exact) mass is 340 g/mol. The van der Waals surface area contributed by atoms with E-state index in [1.807, 2.05) is 68.4 Å². The number of hydrogen-bond acceptors (Lipinski definition) is 4. The molecule has 2 aromatic rings. The Morgan fingerprint density at radius 2 is 1.60 bits per heavy atom. The van der Waals surface area contributed by atoms with Crippen LogP contribution in [0.15, 0.2) is 54.6 Å². The summed E-state index contributed by atoms with van der Waals surface area (Å²) in [7, 11) is 1.58. The highest BCUT2D eigenvalue weighted by Crippen LogP contribution is 2.31. The lowest BCUT2D eigenvalue weighted by Crippen LogP contribution is -2.09. The fourth-order valence-corrected chi connectivity index (χ4v) is 2.63. The van der Waals surface area contributed by atoms with Crippen molar-refractivity contribution in [2.75, 3.05) is 20.5 Å². The van der Waals surface area contributed by atoms with Crippen molar-refractivity contribution in [1.82, 2.24) is 0 Å². The zero-order chi connectivity index (χ0) is 18.1. The minimum atomic E-state index is -0.301. The van der Waals surface area contributed by atoms with Crippen LogP contribution in [0.5, 0.6) is 5.75 Å². The molecule has 2 aromatic carbocycles. The van der Waals surface area contributed by atoms with Crippen LogP contribution in [0.1, 0.15) is 31.4 Å². The minimum Gasteiger partial charge on any atom is -0.468 e. The van der Waals surface area contributed by atoms with E-state index in [0.717, 1.165) is 22.4 Å². The third-order valence-electron chi connectivity index (χ3n) is 3.74. The van der Waals surface area contributed by atoms with E-state index < -0.39 is 0 Å².